The fourth-order valence-corrected chi connectivity index (χ4v) is 4.18. The van der Waals surface area contributed by atoms with E-state index in [4.69, 9.17) is 0 Å². The number of halogens is 3. The lowest BCUT2D eigenvalue weighted by Gasteiger charge is -2.35. The number of alkyl halides is 3. The Balaban J connectivity index is 1.53. The molecule has 1 aliphatic heterocycles. The maximum Gasteiger partial charge on any atom is 0.420 e. The normalized spacial score (nSPS) is 13.8. The van der Waals surface area contributed by atoms with E-state index in [0.717, 1.165) is 49.8 Å². The van der Waals surface area contributed by atoms with Gasteiger partial charge in [-0.15, -0.1) is 0 Å². The first kappa shape index (κ1) is 27.9. The molecule has 3 aromatic rings. The van der Waals surface area contributed by atoms with Crippen LogP contribution in [0.1, 0.15) is 33.8 Å². The molecule has 0 bridgehead atoms. The minimum atomic E-state index is -4.68. The van der Waals surface area contributed by atoms with Gasteiger partial charge in [-0.2, -0.15) is 13.2 Å². The molecule has 2 aromatic carbocycles. The van der Waals surface area contributed by atoms with Crippen LogP contribution in [0, 0.1) is 11.8 Å². The first-order chi connectivity index (χ1) is 18.8. The summed E-state index contributed by atoms with van der Waals surface area (Å²) in [7, 11) is 2.81. The molecule has 1 aliphatic rings. The van der Waals surface area contributed by atoms with Gasteiger partial charge in [-0.25, -0.2) is 9.97 Å². The van der Waals surface area contributed by atoms with Gasteiger partial charge in [0.25, 0.3) is 7.41 Å². The molecule has 1 radical (unpaired) electrons. The highest BCUT2D eigenvalue weighted by Crippen LogP contribution is 2.31. The van der Waals surface area contributed by atoms with Crippen LogP contribution in [0.5, 0.6) is 0 Å². The lowest BCUT2D eigenvalue weighted by Crippen LogP contribution is -2.48. The fourth-order valence-electron chi connectivity index (χ4n) is 4.18. The third-order valence-corrected chi connectivity index (χ3v) is 6.29. The van der Waals surface area contributed by atoms with Crippen molar-refractivity contribution in [2.24, 2.45) is 0 Å². The average molecular weight is 533 g/mol. The van der Waals surface area contributed by atoms with E-state index in [1.807, 2.05) is 29.1 Å². The lowest BCUT2D eigenvalue weighted by atomic mass is 9.93. The van der Waals surface area contributed by atoms with Gasteiger partial charge in [-0.1, -0.05) is 36.3 Å². The number of ether oxygens (including phenoxy) is 1. The Kier molecular flexibility index (Phi) is 8.99. The van der Waals surface area contributed by atoms with E-state index < -0.39 is 23.4 Å². The van der Waals surface area contributed by atoms with Crippen molar-refractivity contribution in [3.8, 4) is 11.8 Å². The summed E-state index contributed by atoms with van der Waals surface area (Å²) >= 11 is 0. The summed E-state index contributed by atoms with van der Waals surface area (Å²) in [6, 6.07) is 14.4. The largest absolute Gasteiger partial charge is 0.469 e. The second-order valence-electron chi connectivity index (χ2n) is 8.86. The molecule has 0 unspecified atom stereocenters. The monoisotopic (exact) mass is 533 g/mol. The highest BCUT2D eigenvalue weighted by molar-refractivity contribution is 6.64. The van der Waals surface area contributed by atoms with Gasteiger partial charge < -0.3 is 19.2 Å². The van der Waals surface area contributed by atoms with E-state index >= 15 is 0 Å². The summed E-state index contributed by atoms with van der Waals surface area (Å²) in [6.45, 7) is 3.04. The molecule has 7 nitrogen and oxygen atoms in total. The molecule has 199 valence electrons. The second kappa shape index (κ2) is 12.6. The van der Waals surface area contributed by atoms with Crippen LogP contribution in [0.4, 0.5) is 18.9 Å². The van der Waals surface area contributed by atoms with Gasteiger partial charge in [0.05, 0.1) is 19.7 Å². The van der Waals surface area contributed by atoms with E-state index in [0.29, 0.717) is 11.1 Å². The number of rotatable bonds is 7. The van der Waals surface area contributed by atoms with Gasteiger partial charge in [-0.05, 0) is 35.2 Å². The summed E-state index contributed by atoms with van der Waals surface area (Å²) < 4.78 is 45.7. The molecule has 39 heavy (non-hydrogen) atoms. The highest BCUT2D eigenvalue weighted by atomic mass is 19.4. The average Bonchev–Trinajstić information content (AvgIpc) is 2.93. The quantitative estimate of drug-likeness (QED) is 0.200. The Morgan fingerprint density at radius 3 is 2.46 bits per heavy atom. The van der Waals surface area contributed by atoms with E-state index in [1.165, 1.54) is 7.11 Å². The minimum Gasteiger partial charge on any atom is -0.469 e. The van der Waals surface area contributed by atoms with Crippen molar-refractivity contribution >= 4 is 25.3 Å². The van der Waals surface area contributed by atoms with Crippen LogP contribution in [-0.4, -0.2) is 67.6 Å². The van der Waals surface area contributed by atoms with Crippen molar-refractivity contribution < 1.29 is 27.5 Å². The number of carbonyl (C=O) groups is 2. The van der Waals surface area contributed by atoms with Crippen LogP contribution in [0.15, 0.2) is 54.7 Å². The van der Waals surface area contributed by atoms with E-state index in [2.05, 4.69) is 31.4 Å². The molecule has 0 aliphatic carbocycles. The SMILES string of the molecule is COC(=O)Cc1ccccc1C#Cc1nc(Cc2ccc(N3CCN([B]C=O)CC3)cc2)ncc1C(F)(F)F. The molecule has 1 aromatic heterocycles. The van der Waals surface area contributed by atoms with E-state index in [-0.39, 0.29) is 18.7 Å². The predicted molar refractivity (Wildman–Crippen MR) is 141 cm³/mol. The summed E-state index contributed by atoms with van der Waals surface area (Å²) in [5.74, 6) is 5.02. The van der Waals surface area contributed by atoms with Gasteiger partial charge in [0.15, 0.2) is 0 Å². The van der Waals surface area contributed by atoms with Crippen LogP contribution in [0.3, 0.4) is 0 Å². The number of carbonyl (C=O) groups excluding carboxylic acids is 2. The molecule has 4 rings (SSSR count). The zero-order chi connectivity index (χ0) is 27.8. The summed E-state index contributed by atoms with van der Waals surface area (Å²) in [4.78, 5) is 34.6. The molecule has 1 fully saturated rings. The highest BCUT2D eigenvalue weighted by Gasteiger charge is 2.34. The number of benzene rings is 2. The van der Waals surface area contributed by atoms with Gasteiger partial charge in [0, 0.05) is 50.0 Å². The molecule has 0 amide bonds. The minimum absolute atomic E-state index is 0.0502. The first-order valence-electron chi connectivity index (χ1n) is 12.2. The molecule has 2 heterocycles. The van der Waals surface area contributed by atoms with Gasteiger partial charge in [0.1, 0.15) is 17.1 Å². The predicted octanol–water partition coefficient (Wildman–Crippen LogP) is 3.13. The van der Waals surface area contributed by atoms with E-state index in [9.17, 15) is 22.8 Å². The topological polar surface area (TPSA) is 75.6 Å². The zero-order valence-corrected chi connectivity index (χ0v) is 21.2. The molecule has 0 saturated carbocycles. The fraction of sp³-hybridized carbons (Fsp3) is 0.286. The molecule has 0 atom stereocenters. The molecular weight excluding hydrogens is 508 g/mol. The number of hydrogen-bond acceptors (Lipinski definition) is 7. The Bertz CT molecular complexity index is 1380. The number of aromatic nitrogens is 2. The third-order valence-electron chi connectivity index (χ3n) is 6.29. The maximum atomic E-state index is 13.7. The van der Waals surface area contributed by atoms with Crippen molar-refractivity contribution in [2.75, 3.05) is 38.2 Å². The van der Waals surface area contributed by atoms with E-state index in [1.54, 1.807) is 31.7 Å². The molecular formula is C28H25BF3N4O3. The number of methoxy groups -OCH3 is 1. The number of nitrogens with zero attached hydrogens (tertiary/aromatic N) is 4. The second-order valence-corrected chi connectivity index (χ2v) is 8.86. The Hall–Kier alpha value is -4.17. The Morgan fingerprint density at radius 2 is 1.79 bits per heavy atom. The number of anilines is 1. The summed E-state index contributed by atoms with van der Waals surface area (Å²) in [5, 5.41) is 0. The smallest absolute Gasteiger partial charge is 0.420 e. The van der Waals surface area contributed by atoms with Crippen LogP contribution in [0.25, 0.3) is 0 Å². The van der Waals surface area contributed by atoms with Gasteiger partial charge in [0.2, 0.25) is 0 Å². The standard InChI is InChI=1S/C28H25BF3N4O3/c1-39-27(38)17-22-5-3-2-4-21(22)8-11-25-24(28(30,31)32)18-33-26(34-25)16-20-6-9-23(10-7-20)35-12-14-36(15-13-35)29-19-37/h2-7,9-10,18-19H,12-17H2,1H3. The Morgan fingerprint density at radius 1 is 1.08 bits per heavy atom. The molecule has 0 spiro atoms. The van der Waals surface area contributed by atoms with Crippen molar-refractivity contribution in [3.63, 3.8) is 0 Å². The van der Waals surface area contributed by atoms with Crippen LogP contribution >= 0.6 is 0 Å². The van der Waals surface area contributed by atoms with Crippen LogP contribution < -0.4 is 4.90 Å². The number of hydrogen-bond donors (Lipinski definition) is 0. The lowest BCUT2D eigenvalue weighted by molar-refractivity contribution is -0.140. The summed E-state index contributed by atoms with van der Waals surface area (Å²) in [5.41, 5.74) is 1.37. The summed E-state index contributed by atoms with van der Waals surface area (Å²) in [6.07, 6.45) is -2.95. The molecule has 1 saturated heterocycles. The van der Waals surface area contributed by atoms with Crippen molar-refractivity contribution in [1.82, 2.24) is 14.8 Å². The van der Waals surface area contributed by atoms with Crippen LogP contribution in [-0.2, 0) is 33.3 Å². The maximum absolute atomic E-state index is 13.7. The van der Waals surface area contributed by atoms with Crippen molar-refractivity contribution in [2.45, 2.75) is 19.0 Å². The van der Waals surface area contributed by atoms with Gasteiger partial charge >= 0.3 is 12.1 Å². The van der Waals surface area contributed by atoms with Crippen molar-refractivity contribution in [3.05, 3.63) is 88.5 Å². The van der Waals surface area contributed by atoms with Crippen LogP contribution in [0.2, 0.25) is 0 Å². The Labute approximate surface area is 225 Å². The number of piperazine rings is 1. The molecule has 11 heteroatoms. The number of esters is 1. The zero-order valence-electron chi connectivity index (χ0n) is 21.2. The first-order valence-corrected chi connectivity index (χ1v) is 12.2. The molecule has 0 N–H and O–H groups in total. The third kappa shape index (κ3) is 7.45. The van der Waals surface area contributed by atoms with Gasteiger partial charge in [-0.3, -0.25) is 4.79 Å². The van der Waals surface area contributed by atoms with Crippen molar-refractivity contribution in [1.29, 1.82) is 0 Å².